The summed E-state index contributed by atoms with van der Waals surface area (Å²) in [6.07, 6.45) is 7.65. The van der Waals surface area contributed by atoms with Crippen LogP contribution >= 0.6 is 0 Å². The third-order valence-corrected chi connectivity index (χ3v) is 8.29. The number of nitrogens with two attached hydrogens (primary N) is 1. The van der Waals surface area contributed by atoms with E-state index in [1.807, 2.05) is 30.3 Å². The van der Waals surface area contributed by atoms with Crippen LogP contribution < -0.4 is 19.9 Å². The molecule has 2 N–H and O–H groups in total. The van der Waals surface area contributed by atoms with Gasteiger partial charge in [-0.2, -0.15) is 5.26 Å². The number of benzene rings is 3. The van der Waals surface area contributed by atoms with Gasteiger partial charge >= 0.3 is 5.97 Å². The van der Waals surface area contributed by atoms with Gasteiger partial charge in [-0.25, -0.2) is 0 Å². The van der Waals surface area contributed by atoms with Crippen molar-refractivity contribution in [2.75, 3.05) is 0 Å². The molecule has 5 rings (SSSR count). The van der Waals surface area contributed by atoms with Crippen LogP contribution in [0.3, 0.4) is 0 Å². The molecule has 6 heteroatoms. The van der Waals surface area contributed by atoms with E-state index in [1.54, 1.807) is 12.1 Å². The zero-order valence-corrected chi connectivity index (χ0v) is 23.9. The number of nitrogens with zero attached hydrogens (tertiary/aromatic N) is 1. The van der Waals surface area contributed by atoms with Gasteiger partial charge in [-0.15, -0.1) is 0 Å². The van der Waals surface area contributed by atoms with E-state index in [1.165, 1.54) is 24.8 Å². The molecule has 1 aliphatic carbocycles. The molecule has 3 aromatic rings. The van der Waals surface area contributed by atoms with Gasteiger partial charge in [0.25, 0.3) is 0 Å². The lowest BCUT2D eigenvalue weighted by Crippen LogP contribution is -2.26. The third kappa shape index (κ3) is 6.74. The van der Waals surface area contributed by atoms with Crippen molar-refractivity contribution in [2.24, 2.45) is 17.6 Å². The van der Waals surface area contributed by atoms with E-state index < -0.39 is 5.92 Å². The molecule has 3 aromatic carbocycles. The Morgan fingerprint density at radius 1 is 1.00 bits per heavy atom. The van der Waals surface area contributed by atoms with E-state index in [0.29, 0.717) is 23.7 Å². The minimum absolute atomic E-state index is 0.0542. The van der Waals surface area contributed by atoms with Crippen molar-refractivity contribution in [1.82, 2.24) is 0 Å². The number of hydrogen-bond donors (Lipinski definition) is 1. The molecule has 6 nitrogen and oxygen atoms in total. The molecule has 1 unspecified atom stereocenters. The van der Waals surface area contributed by atoms with Crippen molar-refractivity contribution in [3.8, 4) is 23.3 Å². The number of esters is 1. The zero-order chi connectivity index (χ0) is 28.8. The maximum absolute atomic E-state index is 12.9. The van der Waals surface area contributed by atoms with Gasteiger partial charge in [0.15, 0.2) is 0 Å². The molecule has 0 aromatic heterocycles. The van der Waals surface area contributed by atoms with E-state index >= 15 is 0 Å². The van der Waals surface area contributed by atoms with E-state index in [9.17, 15) is 10.1 Å². The first kappa shape index (κ1) is 28.3. The summed E-state index contributed by atoms with van der Waals surface area (Å²) in [7, 11) is 0. The second kappa shape index (κ2) is 13.0. The SMILES string of the molecule is CCCCC1CCC(C(=O)Oc2ccc3c(c2)OC(N)=C(C#N)C3c2ccc(OCc3ccc(C)cc3)cc2)CC1. The van der Waals surface area contributed by atoms with Crippen molar-refractivity contribution in [3.05, 3.63) is 100 Å². The molecule has 0 saturated heterocycles. The summed E-state index contributed by atoms with van der Waals surface area (Å²) in [5.74, 6) is 1.77. The molecule has 212 valence electrons. The number of carbonyl (C=O) groups is 1. The molecule has 0 radical (unpaired) electrons. The van der Waals surface area contributed by atoms with Crippen LogP contribution in [0.4, 0.5) is 0 Å². The Balaban J connectivity index is 1.28. The summed E-state index contributed by atoms with van der Waals surface area (Å²) >= 11 is 0. The normalized spacial score (nSPS) is 20.0. The van der Waals surface area contributed by atoms with Crippen molar-refractivity contribution in [3.63, 3.8) is 0 Å². The van der Waals surface area contributed by atoms with E-state index in [2.05, 4.69) is 44.2 Å². The summed E-state index contributed by atoms with van der Waals surface area (Å²) in [5.41, 5.74) is 10.5. The second-order valence-corrected chi connectivity index (χ2v) is 11.2. The number of rotatable bonds is 9. The number of hydrogen-bond acceptors (Lipinski definition) is 6. The van der Waals surface area contributed by atoms with Crippen LogP contribution in [0, 0.1) is 30.1 Å². The van der Waals surface area contributed by atoms with Crippen LogP contribution in [0.25, 0.3) is 0 Å². The maximum atomic E-state index is 12.9. The fourth-order valence-electron chi connectivity index (χ4n) is 5.83. The lowest BCUT2D eigenvalue weighted by Gasteiger charge is -2.28. The van der Waals surface area contributed by atoms with E-state index in [4.69, 9.17) is 19.9 Å². The Hall–Kier alpha value is -4.24. The largest absolute Gasteiger partial charge is 0.489 e. The predicted octanol–water partition coefficient (Wildman–Crippen LogP) is 7.69. The van der Waals surface area contributed by atoms with Gasteiger partial charge in [-0.3, -0.25) is 4.79 Å². The van der Waals surface area contributed by atoms with Gasteiger partial charge in [-0.1, -0.05) is 74.2 Å². The highest BCUT2D eigenvalue weighted by molar-refractivity contribution is 5.75. The smallest absolute Gasteiger partial charge is 0.314 e. The maximum Gasteiger partial charge on any atom is 0.314 e. The van der Waals surface area contributed by atoms with Gasteiger partial charge in [-0.05, 0) is 67.9 Å². The number of ether oxygens (including phenoxy) is 3. The van der Waals surface area contributed by atoms with Crippen LogP contribution in [0.2, 0.25) is 0 Å². The number of fused-ring (bicyclic) bond motifs is 1. The lowest BCUT2D eigenvalue weighted by molar-refractivity contribution is -0.140. The average Bonchev–Trinajstić information content (AvgIpc) is 2.99. The molecule has 1 fully saturated rings. The van der Waals surface area contributed by atoms with Crippen LogP contribution in [-0.4, -0.2) is 5.97 Å². The van der Waals surface area contributed by atoms with Crippen LogP contribution in [0.1, 0.15) is 80.0 Å². The quantitative estimate of drug-likeness (QED) is 0.217. The summed E-state index contributed by atoms with van der Waals surface area (Å²) in [4.78, 5) is 12.9. The molecule has 1 saturated carbocycles. The zero-order valence-electron chi connectivity index (χ0n) is 23.9. The number of nitriles is 1. The minimum Gasteiger partial charge on any atom is -0.489 e. The molecule has 1 heterocycles. The van der Waals surface area contributed by atoms with Crippen LogP contribution in [0.15, 0.2) is 78.2 Å². The first-order valence-corrected chi connectivity index (χ1v) is 14.7. The molecule has 0 amide bonds. The third-order valence-electron chi connectivity index (χ3n) is 8.29. The molecule has 0 bridgehead atoms. The van der Waals surface area contributed by atoms with E-state index in [0.717, 1.165) is 54.0 Å². The van der Waals surface area contributed by atoms with Crippen LogP contribution in [-0.2, 0) is 11.4 Å². The average molecular weight is 551 g/mol. The predicted molar refractivity (Wildman–Crippen MR) is 158 cm³/mol. The summed E-state index contributed by atoms with van der Waals surface area (Å²) in [6.45, 7) is 4.75. The van der Waals surface area contributed by atoms with E-state index in [-0.39, 0.29) is 17.8 Å². The van der Waals surface area contributed by atoms with Gasteiger partial charge in [0.05, 0.1) is 11.8 Å². The summed E-state index contributed by atoms with van der Waals surface area (Å²) in [6, 6.07) is 23.5. The molecular weight excluding hydrogens is 512 g/mol. The number of carbonyl (C=O) groups excluding carboxylic acids is 1. The Morgan fingerprint density at radius 2 is 1.71 bits per heavy atom. The first-order valence-electron chi connectivity index (χ1n) is 14.7. The molecule has 1 aliphatic heterocycles. The van der Waals surface area contributed by atoms with Crippen molar-refractivity contribution >= 4 is 5.97 Å². The molecule has 41 heavy (non-hydrogen) atoms. The van der Waals surface area contributed by atoms with Gasteiger partial charge < -0.3 is 19.9 Å². The molecule has 1 atom stereocenters. The topological polar surface area (TPSA) is 94.6 Å². The summed E-state index contributed by atoms with van der Waals surface area (Å²) < 4.78 is 17.6. The fourth-order valence-corrected chi connectivity index (χ4v) is 5.83. The highest BCUT2D eigenvalue weighted by atomic mass is 16.5. The fraction of sp³-hybridized carbons (Fsp3) is 0.371. The van der Waals surface area contributed by atoms with Gasteiger partial charge in [0, 0.05) is 11.6 Å². The second-order valence-electron chi connectivity index (χ2n) is 11.2. The monoisotopic (exact) mass is 550 g/mol. The lowest BCUT2D eigenvalue weighted by atomic mass is 9.80. The highest BCUT2D eigenvalue weighted by Gasteiger charge is 2.32. The number of aryl methyl sites for hydroxylation is 1. The van der Waals surface area contributed by atoms with Crippen molar-refractivity contribution < 1.29 is 19.0 Å². The highest BCUT2D eigenvalue weighted by Crippen LogP contribution is 2.44. The Morgan fingerprint density at radius 3 is 2.39 bits per heavy atom. The van der Waals surface area contributed by atoms with Crippen molar-refractivity contribution in [1.29, 1.82) is 5.26 Å². The molecule has 0 spiro atoms. The molecule has 2 aliphatic rings. The Bertz CT molecular complexity index is 1430. The van der Waals surface area contributed by atoms with Crippen molar-refractivity contribution in [2.45, 2.75) is 71.3 Å². The Labute approximate surface area is 242 Å². The standard InChI is InChI=1S/C35H38N2O4/c1-3-4-5-24-10-12-27(13-11-24)35(38)40-29-18-19-30-32(20-29)41-34(37)31(21-36)33(30)26-14-16-28(17-15-26)39-22-25-8-6-23(2)7-9-25/h6-9,14-20,24,27,33H,3-5,10-13,22,37H2,1-2H3. The molecular formula is C35H38N2O4. The number of unbranched alkanes of at least 4 members (excludes halogenated alkanes) is 1. The number of allylic oxidation sites excluding steroid dienone is 1. The van der Waals surface area contributed by atoms with Gasteiger partial charge in [0.2, 0.25) is 5.88 Å². The minimum atomic E-state index is -0.405. The first-order chi connectivity index (χ1) is 19.9. The summed E-state index contributed by atoms with van der Waals surface area (Å²) in [5, 5.41) is 9.93. The Kier molecular flexibility index (Phi) is 8.94. The van der Waals surface area contributed by atoms with Crippen LogP contribution in [0.5, 0.6) is 17.2 Å². The van der Waals surface area contributed by atoms with Gasteiger partial charge in [0.1, 0.15) is 35.5 Å².